The molecular weight excluding hydrogens is 294 g/mol. The molecule has 2 aromatic rings. The van der Waals surface area contributed by atoms with Gasteiger partial charge in [0.05, 0.1) is 16.4 Å². The van der Waals surface area contributed by atoms with Crippen molar-refractivity contribution >= 4 is 40.3 Å². The molecule has 1 aliphatic heterocycles. The van der Waals surface area contributed by atoms with Crippen molar-refractivity contribution in [3.8, 4) is 0 Å². The number of para-hydroxylation sites is 3. The summed E-state index contributed by atoms with van der Waals surface area (Å²) in [7, 11) is 0. The molecule has 3 rings (SSSR count). The molecule has 0 radical (unpaired) electrons. The second-order valence-corrected chi connectivity index (χ2v) is 5.75. The Balaban J connectivity index is 1.91. The van der Waals surface area contributed by atoms with Crippen molar-refractivity contribution in [3.63, 3.8) is 0 Å². The molecule has 0 fully saturated rings. The fraction of sp³-hybridized carbons (Fsp3) is 0.176. The van der Waals surface area contributed by atoms with Gasteiger partial charge in [0.15, 0.2) is 0 Å². The molecular formula is C17H17N3OS. The first-order valence-electron chi connectivity index (χ1n) is 7.18. The van der Waals surface area contributed by atoms with Crippen molar-refractivity contribution in [1.29, 1.82) is 0 Å². The summed E-state index contributed by atoms with van der Waals surface area (Å²) < 4.78 is 0. The second kappa shape index (κ2) is 6.15. The van der Waals surface area contributed by atoms with Gasteiger partial charge >= 0.3 is 6.03 Å². The van der Waals surface area contributed by atoms with E-state index < -0.39 is 0 Å². The minimum atomic E-state index is -0.156. The van der Waals surface area contributed by atoms with Crippen molar-refractivity contribution in [3.05, 3.63) is 54.6 Å². The van der Waals surface area contributed by atoms with Crippen LogP contribution in [0.5, 0.6) is 0 Å². The van der Waals surface area contributed by atoms with Gasteiger partial charge < -0.3 is 10.6 Å². The average molecular weight is 311 g/mol. The van der Waals surface area contributed by atoms with Crippen LogP contribution in [-0.4, -0.2) is 17.6 Å². The summed E-state index contributed by atoms with van der Waals surface area (Å²) in [6.07, 6.45) is 0. The number of benzene rings is 2. The molecule has 22 heavy (non-hydrogen) atoms. The van der Waals surface area contributed by atoms with E-state index in [9.17, 15) is 4.79 Å². The number of hydrogen-bond donors (Lipinski definition) is 2. The third-order valence-corrected chi connectivity index (χ3v) is 4.13. The number of amides is 2. The number of hydrogen-bond acceptors (Lipinski definition) is 2. The zero-order chi connectivity index (χ0) is 15.5. The Bertz CT molecular complexity index is 702. The highest BCUT2D eigenvalue weighted by molar-refractivity contribution is 7.80. The van der Waals surface area contributed by atoms with E-state index in [0.717, 1.165) is 22.1 Å². The number of carbonyl (C=O) groups excluding carboxylic acids is 1. The second-order valence-electron chi connectivity index (χ2n) is 5.31. The van der Waals surface area contributed by atoms with Crippen molar-refractivity contribution in [2.24, 2.45) is 5.92 Å². The first-order valence-corrected chi connectivity index (χ1v) is 7.59. The van der Waals surface area contributed by atoms with Gasteiger partial charge in [-0.1, -0.05) is 49.5 Å². The number of fused-ring (bicyclic) bond motifs is 1. The standard InChI is InChI=1S/C17H17N3OS/c1-12-11-20(17(21)18-13-7-3-2-4-8-13)15-10-6-5-9-14(15)19-16(12)22/h2-10,12H,11H2,1H3,(H,18,21)(H,19,22)/t12-/m0/s1. The van der Waals surface area contributed by atoms with Crippen LogP contribution < -0.4 is 15.5 Å². The molecule has 0 spiro atoms. The SMILES string of the molecule is C[C@H]1CN(C(=O)Nc2ccccc2)c2ccccc2NC1=S. The molecule has 2 amide bonds. The van der Waals surface area contributed by atoms with Gasteiger partial charge in [-0.2, -0.15) is 0 Å². The molecule has 0 saturated carbocycles. The van der Waals surface area contributed by atoms with Crippen LogP contribution in [-0.2, 0) is 0 Å². The molecule has 0 saturated heterocycles. The van der Waals surface area contributed by atoms with Crippen LogP contribution in [0.4, 0.5) is 21.9 Å². The van der Waals surface area contributed by atoms with Crippen LogP contribution in [0.25, 0.3) is 0 Å². The van der Waals surface area contributed by atoms with E-state index in [4.69, 9.17) is 12.2 Å². The predicted molar refractivity (Wildman–Crippen MR) is 94.6 cm³/mol. The Morgan fingerprint density at radius 2 is 1.86 bits per heavy atom. The lowest BCUT2D eigenvalue weighted by Gasteiger charge is -2.24. The molecule has 2 aromatic carbocycles. The molecule has 0 aliphatic carbocycles. The fourth-order valence-electron chi connectivity index (χ4n) is 2.43. The molecule has 2 N–H and O–H groups in total. The molecule has 5 heteroatoms. The lowest BCUT2D eigenvalue weighted by molar-refractivity contribution is 0.256. The van der Waals surface area contributed by atoms with Gasteiger partial charge in [0.25, 0.3) is 0 Å². The lowest BCUT2D eigenvalue weighted by atomic mass is 10.2. The highest BCUT2D eigenvalue weighted by Gasteiger charge is 2.26. The third-order valence-electron chi connectivity index (χ3n) is 3.63. The van der Waals surface area contributed by atoms with Crippen LogP contribution >= 0.6 is 12.2 Å². The van der Waals surface area contributed by atoms with E-state index in [0.29, 0.717) is 6.54 Å². The minimum absolute atomic E-state index is 0.0870. The smallest absolute Gasteiger partial charge is 0.326 e. The maximum absolute atomic E-state index is 12.7. The fourth-order valence-corrected chi connectivity index (χ4v) is 2.62. The van der Waals surface area contributed by atoms with E-state index in [1.54, 1.807) is 4.90 Å². The Morgan fingerprint density at radius 1 is 1.18 bits per heavy atom. The van der Waals surface area contributed by atoms with Crippen molar-refractivity contribution < 1.29 is 4.79 Å². The molecule has 112 valence electrons. The maximum atomic E-state index is 12.7. The molecule has 1 heterocycles. The Labute approximate surface area is 135 Å². The first-order chi connectivity index (χ1) is 10.6. The maximum Gasteiger partial charge on any atom is 0.326 e. The van der Waals surface area contributed by atoms with Crippen LogP contribution in [0.15, 0.2) is 54.6 Å². The monoisotopic (exact) mass is 311 g/mol. The van der Waals surface area contributed by atoms with E-state index >= 15 is 0 Å². The van der Waals surface area contributed by atoms with Crippen LogP contribution in [0.2, 0.25) is 0 Å². The summed E-state index contributed by atoms with van der Waals surface area (Å²) >= 11 is 5.39. The van der Waals surface area contributed by atoms with E-state index in [1.807, 2.05) is 61.5 Å². The number of thiocarbonyl (C=S) groups is 1. The molecule has 0 unspecified atom stereocenters. The first kappa shape index (κ1) is 14.5. The molecule has 1 atom stereocenters. The van der Waals surface area contributed by atoms with Crippen molar-refractivity contribution in [1.82, 2.24) is 0 Å². The number of urea groups is 1. The minimum Gasteiger partial charge on any atom is -0.348 e. The van der Waals surface area contributed by atoms with Crippen molar-refractivity contribution in [2.45, 2.75) is 6.92 Å². The number of carbonyl (C=O) groups is 1. The zero-order valence-electron chi connectivity index (χ0n) is 12.2. The topological polar surface area (TPSA) is 44.4 Å². The highest BCUT2D eigenvalue weighted by atomic mass is 32.1. The van der Waals surface area contributed by atoms with E-state index in [1.165, 1.54) is 0 Å². The molecule has 0 aromatic heterocycles. The number of rotatable bonds is 1. The quantitative estimate of drug-likeness (QED) is 0.779. The Morgan fingerprint density at radius 3 is 2.64 bits per heavy atom. The predicted octanol–water partition coefficient (Wildman–Crippen LogP) is 4.11. The van der Waals surface area contributed by atoms with Gasteiger partial charge in [0, 0.05) is 18.2 Å². The molecule has 4 nitrogen and oxygen atoms in total. The highest BCUT2D eigenvalue weighted by Crippen LogP contribution is 2.30. The third kappa shape index (κ3) is 2.94. The Hall–Kier alpha value is -2.40. The van der Waals surface area contributed by atoms with Crippen LogP contribution in [0, 0.1) is 5.92 Å². The number of nitrogens with zero attached hydrogens (tertiary/aromatic N) is 1. The van der Waals surface area contributed by atoms with E-state index in [-0.39, 0.29) is 11.9 Å². The van der Waals surface area contributed by atoms with Crippen molar-refractivity contribution in [2.75, 3.05) is 22.1 Å². The molecule has 0 bridgehead atoms. The zero-order valence-corrected chi connectivity index (χ0v) is 13.1. The summed E-state index contributed by atoms with van der Waals surface area (Å²) in [6.45, 7) is 2.56. The van der Waals surface area contributed by atoms with Crippen LogP contribution in [0.1, 0.15) is 6.92 Å². The average Bonchev–Trinajstić information content (AvgIpc) is 2.66. The lowest BCUT2D eigenvalue weighted by Crippen LogP contribution is -2.38. The number of anilines is 3. The van der Waals surface area contributed by atoms with Gasteiger partial charge in [0.1, 0.15) is 0 Å². The summed E-state index contributed by atoms with van der Waals surface area (Å²) in [5.74, 6) is 0.0870. The summed E-state index contributed by atoms with van der Waals surface area (Å²) in [6, 6.07) is 17.0. The van der Waals surface area contributed by atoms with Gasteiger partial charge in [-0.05, 0) is 24.3 Å². The summed E-state index contributed by atoms with van der Waals surface area (Å²) in [4.78, 5) is 15.2. The van der Waals surface area contributed by atoms with Gasteiger partial charge in [-0.3, -0.25) is 4.90 Å². The van der Waals surface area contributed by atoms with E-state index in [2.05, 4.69) is 10.6 Å². The van der Waals surface area contributed by atoms with Gasteiger partial charge in [0.2, 0.25) is 0 Å². The molecule has 1 aliphatic rings. The van der Waals surface area contributed by atoms with Gasteiger partial charge in [-0.15, -0.1) is 0 Å². The van der Waals surface area contributed by atoms with Crippen LogP contribution in [0.3, 0.4) is 0 Å². The normalized spacial score (nSPS) is 17.2. The number of nitrogens with one attached hydrogen (secondary N) is 2. The summed E-state index contributed by atoms with van der Waals surface area (Å²) in [5, 5.41) is 6.16. The Kier molecular flexibility index (Phi) is 4.06. The largest absolute Gasteiger partial charge is 0.348 e. The van der Waals surface area contributed by atoms with Gasteiger partial charge in [-0.25, -0.2) is 4.79 Å². The summed E-state index contributed by atoms with van der Waals surface area (Å²) in [5.41, 5.74) is 2.47.